The van der Waals surface area contributed by atoms with E-state index in [4.69, 9.17) is 14.4 Å². The molecule has 2 aromatic heterocycles. The lowest BCUT2D eigenvalue weighted by Gasteiger charge is -2.26. The van der Waals surface area contributed by atoms with Gasteiger partial charge in [0, 0.05) is 61.3 Å². The van der Waals surface area contributed by atoms with Crippen molar-refractivity contribution in [2.75, 3.05) is 4.90 Å². The Morgan fingerprint density at radius 2 is 0.645 bits per heavy atom. The lowest BCUT2D eigenvalue weighted by Crippen LogP contribution is -2.15. The molecule has 0 fully saturated rings. The van der Waals surface area contributed by atoms with Crippen molar-refractivity contribution < 1.29 is 4.42 Å². The number of nitrogens with zero attached hydrogens (tertiary/aromatic N) is 5. The summed E-state index contributed by atoms with van der Waals surface area (Å²) in [5.41, 5.74) is 24.6. The van der Waals surface area contributed by atoms with Crippen molar-refractivity contribution in [2.45, 2.75) is 38.5 Å². The fourth-order valence-corrected chi connectivity index (χ4v) is 11.9. The molecule has 0 N–H and O–H groups in total. The molecule has 2 heterocycles. The maximum Gasteiger partial charge on any atom is 0.248 e. The van der Waals surface area contributed by atoms with Crippen LogP contribution < -0.4 is 4.90 Å². The number of benzene rings is 10. The van der Waals surface area contributed by atoms with Crippen LogP contribution in [0.1, 0.15) is 49.9 Å². The van der Waals surface area contributed by atoms with Gasteiger partial charge in [0.2, 0.25) is 11.8 Å². The molecule has 14 rings (SSSR count). The number of rotatable bonds is 9. The number of anilines is 3. The van der Waals surface area contributed by atoms with E-state index in [1.807, 2.05) is 48.5 Å². The number of aromatic nitrogens is 4. The largest absolute Gasteiger partial charge is 0.416 e. The highest BCUT2D eigenvalue weighted by molar-refractivity contribution is 6.04. The monoisotopic (exact) mass is 977 g/mol. The average Bonchev–Trinajstić information content (AvgIpc) is 4.14. The predicted octanol–water partition coefficient (Wildman–Crippen LogP) is 18.1. The lowest BCUT2D eigenvalue weighted by molar-refractivity contribution is 0.584. The number of para-hydroxylation sites is 1. The van der Waals surface area contributed by atoms with Crippen molar-refractivity contribution in [1.29, 1.82) is 0 Å². The molecule has 0 bridgehead atoms. The minimum Gasteiger partial charge on any atom is -0.416 e. The predicted molar refractivity (Wildman–Crippen MR) is 310 cm³/mol. The van der Waals surface area contributed by atoms with Crippen LogP contribution in [0.15, 0.2) is 241 Å². The van der Waals surface area contributed by atoms with E-state index in [0.29, 0.717) is 11.8 Å². The Morgan fingerprint density at radius 3 is 1.13 bits per heavy atom. The standard InChI is InChI=1S/C70H51N5O/c1-69(2)59-26-16-14-24-55(59)57-38-32-48(42-61(57)69)53-40-41-54(49-33-39-58-56-25-15-17-27-60(56)70(3,4)62(58)43-49)66-65(53)71-63(44-18-8-5-9-19-44)64(72-66)45-28-34-51(35-29-45)75(50-22-12-7-13-23-50)52-36-30-47(31-37-52)68-74-73-67(76-68)46-20-10-6-11-21-46/h5-43H,1-4H3. The molecule has 0 atom stereocenters. The van der Waals surface area contributed by atoms with Crippen LogP contribution in [0, 0.1) is 0 Å². The van der Waals surface area contributed by atoms with E-state index in [1.54, 1.807) is 0 Å². The molecule has 76 heavy (non-hydrogen) atoms. The van der Waals surface area contributed by atoms with Crippen LogP contribution in [-0.4, -0.2) is 20.2 Å². The second-order valence-electron chi connectivity index (χ2n) is 21.0. The number of hydrogen-bond donors (Lipinski definition) is 0. The van der Waals surface area contributed by atoms with Gasteiger partial charge in [-0.2, -0.15) is 0 Å². The van der Waals surface area contributed by atoms with E-state index in [1.165, 1.54) is 44.5 Å². The Kier molecular flexibility index (Phi) is 10.4. The summed E-state index contributed by atoms with van der Waals surface area (Å²) in [5, 5.41) is 8.73. The third kappa shape index (κ3) is 7.31. The second-order valence-corrected chi connectivity index (χ2v) is 21.0. The van der Waals surface area contributed by atoms with Gasteiger partial charge in [-0.3, -0.25) is 0 Å². The smallest absolute Gasteiger partial charge is 0.248 e. The van der Waals surface area contributed by atoms with Crippen LogP contribution >= 0.6 is 0 Å². The Labute approximate surface area is 442 Å². The summed E-state index contributed by atoms with van der Waals surface area (Å²) in [6, 6.07) is 84.0. The summed E-state index contributed by atoms with van der Waals surface area (Å²) >= 11 is 0. The van der Waals surface area contributed by atoms with Gasteiger partial charge >= 0.3 is 0 Å². The highest BCUT2D eigenvalue weighted by Crippen LogP contribution is 2.52. The van der Waals surface area contributed by atoms with Crippen molar-refractivity contribution in [3.8, 4) is 89.9 Å². The van der Waals surface area contributed by atoms with Gasteiger partial charge in [-0.05, 0) is 128 Å². The molecular formula is C70H51N5O. The first-order valence-electron chi connectivity index (χ1n) is 26.0. The van der Waals surface area contributed by atoms with Crippen LogP contribution in [0.5, 0.6) is 0 Å². The fourth-order valence-electron chi connectivity index (χ4n) is 11.9. The van der Waals surface area contributed by atoms with Gasteiger partial charge in [-0.25, -0.2) is 9.97 Å². The molecule has 12 aromatic rings. The Balaban J connectivity index is 0.919. The van der Waals surface area contributed by atoms with E-state index in [-0.39, 0.29) is 10.8 Å². The highest BCUT2D eigenvalue weighted by atomic mass is 16.4. The van der Waals surface area contributed by atoms with E-state index in [0.717, 1.165) is 84.0 Å². The van der Waals surface area contributed by atoms with Crippen LogP contribution in [-0.2, 0) is 10.8 Å². The molecule has 362 valence electrons. The van der Waals surface area contributed by atoms with Gasteiger partial charge < -0.3 is 9.32 Å². The van der Waals surface area contributed by atoms with E-state index in [2.05, 4.69) is 231 Å². The minimum absolute atomic E-state index is 0.158. The van der Waals surface area contributed by atoms with E-state index in [9.17, 15) is 0 Å². The van der Waals surface area contributed by atoms with Gasteiger partial charge in [-0.1, -0.05) is 191 Å². The third-order valence-electron chi connectivity index (χ3n) is 15.9. The second kappa shape index (κ2) is 17.6. The van der Waals surface area contributed by atoms with Gasteiger partial charge in [0.15, 0.2) is 0 Å². The normalized spacial score (nSPS) is 13.5. The van der Waals surface area contributed by atoms with E-state index < -0.39 is 0 Å². The molecule has 0 saturated heterocycles. The molecule has 2 aliphatic rings. The first-order chi connectivity index (χ1) is 37.2. The van der Waals surface area contributed by atoms with Crippen molar-refractivity contribution >= 4 is 28.1 Å². The molecule has 2 aliphatic carbocycles. The van der Waals surface area contributed by atoms with Crippen molar-refractivity contribution in [3.63, 3.8) is 0 Å². The van der Waals surface area contributed by atoms with Gasteiger partial charge in [0.1, 0.15) is 0 Å². The summed E-state index contributed by atoms with van der Waals surface area (Å²) in [6.45, 7) is 9.37. The van der Waals surface area contributed by atoms with Crippen molar-refractivity contribution in [2.24, 2.45) is 0 Å². The first kappa shape index (κ1) is 45.1. The van der Waals surface area contributed by atoms with E-state index >= 15 is 0 Å². The van der Waals surface area contributed by atoms with Crippen LogP contribution in [0.2, 0.25) is 0 Å². The van der Waals surface area contributed by atoms with Crippen molar-refractivity contribution in [3.05, 3.63) is 259 Å². The molecular weight excluding hydrogens is 927 g/mol. The maximum atomic E-state index is 6.14. The number of fused-ring (bicyclic) bond motifs is 7. The Hall–Kier alpha value is -9.52. The van der Waals surface area contributed by atoms with Crippen LogP contribution in [0.25, 0.3) is 101 Å². The first-order valence-corrected chi connectivity index (χ1v) is 26.0. The highest BCUT2D eigenvalue weighted by Gasteiger charge is 2.37. The van der Waals surface area contributed by atoms with Gasteiger partial charge in [0.05, 0.1) is 22.4 Å². The quantitative estimate of drug-likeness (QED) is 0.144. The zero-order chi connectivity index (χ0) is 51.1. The Bertz CT molecular complexity index is 4200. The SMILES string of the molecule is CC1(C)c2ccccc2-c2ccc(-c3ccc(-c4ccc5c(c4)C(C)(C)c4ccccc4-5)c4nc(-c5ccc(N(c6ccccc6)c6ccc(-c7nnc(-c8ccccc8)o7)cc6)cc5)c(-c5ccccc5)nc34)cc21. The summed E-state index contributed by atoms with van der Waals surface area (Å²) in [4.78, 5) is 13.9. The van der Waals surface area contributed by atoms with Gasteiger partial charge in [0.25, 0.3) is 0 Å². The Morgan fingerprint density at radius 1 is 0.303 bits per heavy atom. The van der Waals surface area contributed by atoms with Gasteiger partial charge in [-0.15, -0.1) is 10.2 Å². The zero-order valence-electron chi connectivity index (χ0n) is 42.7. The molecule has 10 aromatic carbocycles. The molecule has 0 radical (unpaired) electrons. The molecule has 0 saturated carbocycles. The maximum absolute atomic E-state index is 6.14. The van der Waals surface area contributed by atoms with Crippen LogP contribution in [0.3, 0.4) is 0 Å². The molecule has 0 spiro atoms. The fraction of sp³-hybridized carbons (Fsp3) is 0.0857. The zero-order valence-corrected chi connectivity index (χ0v) is 42.7. The lowest BCUT2D eigenvalue weighted by atomic mass is 9.81. The van der Waals surface area contributed by atoms with Crippen LogP contribution in [0.4, 0.5) is 17.1 Å². The summed E-state index contributed by atoms with van der Waals surface area (Å²) in [6.07, 6.45) is 0. The summed E-state index contributed by atoms with van der Waals surface area (Å²) in [5.74, 6) is 0.956. The topological polar surface area (TPSA) is 67.9 Å². The molecule has 0 unspecified atom stereocenters. The third-order valence-corrected chi connectivity index (χ3v) is 15.9. The average molecular weight is 978 g/mol. The number of hydrogen-bond acceptors (Lipinski definition) is 6. The molecule has 0 amide bonds. The molecule has 6 heteroatoms. The molecule has 6 nitrogen and oxygen atoms in total. The molecule has 0 aliphatic heterocycles. The van der Waals surface area contributed by atoms with Crippen molar-refractivity contribution in [1.82, 2.24) is 20.2 Å². The minimum atomic E-state index is -0.165. The summed E-state index contributed by atoms with van der Waals surface area (Å²) in [7, 11) is 0. The summed E-state index contributed by atoms with van der Waals surface area (Å²) < 4.78 is 6.14.